The van der Waals surface area contributed by atoms with E-state index < -0.39 is 0 Å². The molecule has 1 aliphatic rings. The van der Waals surface area contributed by atoms with Crippen molar-refractivity contribution in [2.24, 2.45) is 11.8 Å². The van der Waals surface area contributed by atoms with Crippen molar-refractivity contribution in [1.29, 1.82) is 5.26 Å². The van der Waals surface area contributed by atoms with Gasteiger partial charge in [0.25, 0.3) is 5.91 Å². The second-order valence-electron chi connectivity index (χ2n) is 6.02. The Bertz CT molecular complexity index is 585. The summed E-state index contributed by atoms with van der Waals surface area (Å²) in [4.78, 5) is 25.3. The molecule has 1 heterocycles. The van der Waals surface area contributed by atoms with Crippen LogP contribution in [0.1, 0.15) is 47.3 Å². The van der Waals surface area contributed by atoms with Crippen LogP contribution in [-0.2, 0) is 4.79 Å². The van der Waals surface area contributed by atoms with Gasteiger partial charge in [-0.25, -0.2) is 0 Å². The van der Waals surface area contributed by atoms with Gasteiger partial charge in [-0.15, -0.1) is 11.3 Å². The van der Waals surface area contributed by atoms with E-state index in [1.165, 1.54) is 17.8 Å². The quantitative estimate of drug-likeness (QED) is 0.785. The van der Waals surface area contributed by atoms with Crippen molar-refractivity contribution in [2.45, 2.75) is 39.0 Å². The van der Waals surface area contributed by atoms with E-state index in [1.54, 1.807) is 0 Å². The van der Waals surface area contributed by atoms with E-state index in [9.17, 15) is 9.59 Å². The predicted molar refractivity (Wildman–Crippen MR) is 90.1 cm³/mol. The van der Waals surface area contributed by atoms with Crippen LogP contribution in [-0.4, -0.2) is 24.9 Å². The van der Waals surface area contributed by atoms with Gasteiger partial charge in [-0.05, 0) is 42.7 Å². The van der Waals surface area contributed by atoms with E-state index in [1.807, 2.05) is 24.4 Å². The first-order valence-electron chi connectivity index (χ1n) is 8.10. The second kappa shape index (κ2) is 8.68. The number of hydrogen-bond donors (Lipinski definition) is 2. The van der Waals surface area contributed by atoms with Gasteiger partial charge in [-0.1, -0.05) is 19.3 Å². The molecule has 1 atom stereocenters. The fourth-order valence-electron chi connectivity index (χ4n) is 3.16. The van der Waals surface area contributed by atoms with Gasteiger partial charge < -0.3 is 10.6 Å². The molecule has 1 aromatic rings. The summed E-state index contributed by atoms with van der Waals surface area (Å²) in [5.41, 5.74) is 0.954. The molecular formula is C17H23N3O2S. The number of aryl methyl sites for hydroxylation is 1. The minimum Gasteiger partial charge on any atom is -0.351 e. The Morgan fingerprint density at radius 1 is 1.35 bits per heavy atom. The van der Waals surface area contributed by atoms with Crippen LogP contribution in [0.2, 0.25) is 0 Å². The first-order chi connectivity index (χ1) is 11.1. The van der Waals surface area contributed by atoms with E-state index in [-0.39, 0.29) is 30.2 Å². The molecule has 1 saturated carbocycles. The molecule has 1 unspecified atom stereocenters. The van der Waals surface area contributed by atoms with Crippen LogP contribution in [0.25, 0.3) is 0 Å². The van der Waals surface area contributed by atoms with Crippen molar-refractivity contribution < 1.29 is 9.59 Å². The van der Waals surface area contributed by atoms with Gasteiger partial charge in [0.05, 0.1) is 16.9 Å². The number of amides is 2. The summed E-state index contributed by atoms with van der Waals surface area (Å²) in [6.07, 6.45) is 5.50. The Morgan fingerprint density at radius 3 is 2.70 bits per heavy atom. The number of rotatable bonds is 6. The van der Waals surface area contributed by atoms with Crippen LogP contribution in [0.3, 0.4) is 0 Å². The highest BCUT2D eigenvalue weighted by molar-refractivity contribution is 7.12. The molecule has 23 heavy (non-hydrogen) atoms. The van der Waals surface area contributed by atoms with E-state index in [4.69, 9.17) is 5.26 Å². The molecular weight excluding hydrogens is 310 g/mol. The molecule has 0 radical (unpaired) electrons. The van der Waals surface area contributed by atoms with Gasteiger partial charge in [0.2, 0.25) is 5.91 Å². The third-order valence-electron chi connectivity index (χ3n) is 4.45. The molecule has 0 bridgehead atoms. The molecule has 1 aromatic heterocycles. The fraction of sp³-hybridized carbons (Fsp3) is 0.588. The minimum atomic E-state index is -0.257. The summed E-state index contributed by atoms with van der Waals surface area (Å²) in [6, 6.07) is 3.85. The Morgan fingerprint density at radius 2 is 2.09 bits per heavy atom. The van der Waals surface area contributed by atoms with Crippen molar-refractivity contribution in [2.75, 3.05) is 13.1 Å². The van der Waals surface area contributed by atoms with Crippen molar-refractivity contribution in [1.82, 2.24) is 10.6 Å². The molecule has 2 N–H and O–H groups in total. The van der Waals surface area contributed by atoms with Crippen molar-refractivity contribution in [3.8, 4) is 6.07 Å². The fourth-order valence-corrected chi connectivity index (χ4v) is 4.00. The van der Waals surface area contributed by atoms with E-state index in [2.05, 4.69) is 10.6 Å². The number of carbonyl (C=O) groups excluding carboxylic acids is 2. The maximum Gasteiger partial charge on any atom is 0.261 e. The summed E-state index contributed by atoms with van der Waals surface area (Å²) < 4.78 is 0. The predicted octanol–water partition coefficient (Wildman–Crippen LogP) is 2.62. The highest BCUT2D eigenvalue weighted by atomic mass is 32.1. The Labute approximate surface area is 141 Å². The number of hydrogen-bond acceptors (Lipinski definition) is 4. The molecule has 1 aliphatic carbocycles. The lowest BCUT2D eigenvalue weighted by atomic mass is 9.79. The number of nitrogens with zero attached hydrogens (tertiary/aromatic N) is 1. The summed E-state index contributed by atoms with van der Waals surface area (Å²) in [6.45, 7) is 2.25. The second-order valence-corrected chi connectivity index (χ2v) is 6.94. The zero-order valence-corrected chi connectivity index (χ0v) is 14.2. The van der Waals surface area contributed by atoms with Crippen LogP contribution in [0.15, 0.2) is 11.4 Å². The maximum absolute atomic E-state index is 12.4. The molecule has 0 saturated heterocycles. The van der Waals surface area contributed by atoms with Gasteiger partial charge in [0.15, 0.2) is 0 Å². The SMILES string of the molecule is Cc1ccsc1C(=O)NCC(C(=O)NCC#N)C1CCCCC1. The van der Waals surface area contributed by atoms with Gasteiger partial charge in [0, 0.05) is 6.54 Å². The lowest BCUT2D eigenvalue weighted by Crippen LogP contribution is -2.43. The first kappa shape index (κ1) is 17.5. The molecule has 6 heteroatoms. The molecule has 0 aromatic carbocycles. The monoisotopic (exact) mass is 333 g/mol. The standard InChI is InChI=1S/C17H23N3O2S/c1-12-7-10-23-15(12)17(22)20-11-14(16(21)19-9-8-18)13-5-3-2-4-6-13/h7,10,13-14H,2-6,9,11H2,1H3,(H,19,21)(H,20,22). The normalized spacial score (nSPS) is 16.3. The van der Waals surface area contributed by atoms with Crippen LogP contribution in [0.5, 0.6) is 0 Å². The van der Waals surface area contributed by atoms with Gasteiger partial charge >= 0.3 is 0 Å². The van der Waals surface area contributed by atoms with Crippen LogP contribution in [0.4, 0.5) is 0 Å². The molecule has 0 aliphatic heterocycles. The van der Waals surface area contributed by atoms with E-state index in [0.29, 0.717) is 11.4 Å². The number of nitriles is 1. The highest BCUT2D eigenvalue weighted by Crippen LogP contribution is 2.30. The van der Waals surface area contributed by atoms with Gasteiger partial charge in [-0.2, -0.15) is 5.26 Å². The van der Waals surface area contributed by atoms with Gasteiger partial charge in [-0.3, -0.25) is 9.59 Å². The lowest BCUT2D eigenvalue weighted by molar-refractivity contribution is -0.126. The average molecular weight is 333 g/mol. The number of thiophene rings is 1. The third-order valence-corrected chi connectivity index (χ3v) is 5.46. The maximum atomic E-state index is 12.4. The Kier molecular flexibility index (Phi) is 6.60. The average Bonchev–Trinajstić information content (AvgIpc) is 3.00. The summed E-state index contributed by atoms with van der Waals surface area (Å²) >= 11 is 1.41. The summed E-state index contributed by atoms with van der Waals surface area (Å²) in [5, 5.41) is 16.1. The molecule has 2 rings (SSSR count). The zero-order valence-electron chi connectivity index (χ0n) is 13.4. The number of carbonyl (C=O) groups is 2. The van der Waals surface area contributed by atoms with Crippen molar-refractivity contribution in [3.05, 3.63) is 21.9 Å². The molecule has 0 spiro atoms. The van der Waals surface area contributed by atoms with Gasteiger partial charge in [0.1, 0.15) is 6.54 Å². The van der Waals surface area contributed by atoms with Crippen LogP contribution in [0, 0.1) is 30.1 Å². The summed E-state index contributed by atoms with van der Waals surface area (Å²) in [5.74, 6) is -0.215. The van der Waals surface area contributed by atoms with Crippen LogP contribution < -0.4 is 10.6 Å². The van der Waals surface area contributed by atoms with Crippen molar-refractivity contribution >= 4 is 23.2 Å². The highest BCUT2D eigenvalue weighted by Gasteiger charge is 2.30. The first-order valence-corrected chi connectivity index (χ1v) is 8.98. The third kappa shape index (κ3) is 4.80. The van der Waals surface area contributed by atoms with Crippen molar-refractivity contribution in [3.63, 3.8) is 0 Å². The van der Waals surface area contributed by atoms with E-state index in [0.717, 1.165) is 31.2 Å². The Hall–Kier alpha value is -1.87. The number of nitrogens with one attached hydrogen (secondary N) is 2. The molecule has 2 amide bonds. The zero-order chi connectivity index (χ0) is 16.7. The summed E-state index contributed by atoms with van der Waals surface area (Å²) in [7, 11) is 0. The van der Waals surface area contributed by atoms with Crippen LogP contribution >= 0.6 is 11.3 Å². The Balaban J connectivity index is 1.99. The molecule has 1 fully saturated rings. The molecule has 5 nitrogen and oxygen atoms in total. The topological polar surface area (TPSA) is 82.0 Å². The minimum absolute atomic E-state index is 0.0139. The molecule has 124 valence electrons. The smallest absolute Gasteiger partial charge is 0.261 e. The largest absolute Gasteiger partial charge is 0.351 e. The lowest BCUT2D eigenvalue weighted by Gasteiger charge is -2.29. The van der Waals surface area contributed by atoms with E-state index >= 15 is 0 Å².